The molecule has 0 bridgehead atoms. The first-order valence-corrected chi connectivity index (χ1v) is 24.7. The number of pyridine rings is 2. The van der Waals surface area contributed by atoms with E-state index in [9.17, 15) is 15.3 Å². The van der Waals surface area contributed by atoms with Crippen molar-refractivity contribution in [3.63, 3.8) is 0 Å². The molecule has 0 aliphatic rings. The molecule has 8 nitrogen and oxygen atoms in total. The van der Waals surface area contributed by atoms with E-state index in [4.69, 9.17) is 9.72 Å². The van der Waals surface area contributed by atoms with Crippen LogP contribution >= 0.6 is 15.9 Å². The van der Waals surface area contributed by atoms with E-state index in [0.29, 0.717) is 44.1 Å². The smallest absolute Gasteiger partial charge is 0.337 e. The molecule has 4 heterocycles. The number of hydrogen-bond donors (Lipinski definition) is 2. The summed E-state index contributed by atoms with van der Waals surface area (Å²) in [6.45, 7) is 26.9. The third kappa shape index (κ3) is 10.2. The summed E-state index contributed by atoms with van der Waals surface area (Å²) in [5.41, 5.74) is 13.7. The number of nitriles is 2. The summed E-state index contributed by atoms with van der Waals surface area (Å²) in [5, 5.41) is 24.7. The lowest BCUT2D eigenvalue weighted by Crippen LogP contribution is -2.16. The van der Waals surface area contributed by atoms with Gasteiger partial charge in [0.2, 0.25) is 0 Å². The van der Waals surface area contributed by atoms with Crippen molar-refractivity contribution in [1.82, 2.24) is 19.9 Å². The monoisotopic (exact) mass is 1000 g/mol. The Hall–Kier alpha value is -7.33. The molecule has 358 valence electrons. The van der Waals surface area contributed by atoms with Crippen LogP contribution in [0.1, 0.15) is 127 Å². The summed E-state index contributed by atoms with van der Waals surface area (Å²) >= 11 is 3.52. The van der Waals surface area contributed by atoms with Gasteiger partial charge in [-0.25, -0.2) is 4.79 Å². The Morgan fingerprint density at radius 1 is 0.507 bits per heavy atom. The number of aromatic nitrogens is 4. The van der Waals surface area contributed by atoms with Crippen molar-refractivity contribution in [2.75, 3.05) is 7.11 Å². The quantitative estimate of drug-likeness (QED) is 0.153. The zero-order chi connectivity index (χ0) is 51.4. The predicted molar refractivity (Wildman–Crippen MR) is 292 cm³/mol. The number of benzene rings is 4. The number of esters is 1. The Bertz CT molecular complexity index is 3390. The lowest BCUT2D eigenvalue weighted by atomic mass is 9.79. The number of ether oxygens (including phenoxy) is 1. The van der Waals surface area contributed by atoms with Crippen LogP contribution in [-0.4, -0.2) is 33.0 Å². The summed E-state index contributed by atoms with van der Waals surface area (Å²) in [7, 11) is 1.32. The Morgan fingerprint density at radius 3 is 1.25 bits per heavy atom. The van der Waals surface area contributed by atoms with E-state index in [1.54, 1.807) is 18.3 Å². The summed E-state index contributed by atoms with van der Waals surface area (Å²) < 4.78 is 5.85. The van der Waals surface area contributed by atoms with E-state index in [-0.39, 0.29) is 38.5 Å². The minimum Gasteiger partial charge on any atom is -0.465 e. The number of fused-ring (bicyclic) bond motifs is 1. The average molecular weight is 1000 g/mol. The van der Waals surface area contributed by atoms with E-state index < -0.39 is 5.97 Å². The molecule has 9 heteroatoms. The van der Waals surface area contributed by atoms with Gasteiger partial charge in [-0.05, 0) is 117 Å². The van der Waals surface area contributed by atoms with Crippen LogP contribution in [0.25, 0.3) is 66.7 Å². The highest BCUT2D eigenvalue weighted by Crippen LogP contribution is 2.38. The minimum atomic E-state index is -0.548. The molecule has 0 fully saturated rings. The lowest BCUT2D eigenvalue weighted by Gasteiger charge is -2.26. The fraction of sp³-hybridized carbons (Fsp3) is 0.274. The topological polar surface area (TPSA) is 131 Å². The largest absolute Gasteiger partial charge is 0.465 e. The molecular weight excluding hydrogens is 941 g/mol. The molecule has 0 aliphatic carbocycles. The molecule has 71 heavy (non-hydrogen) atoms. The van der Waals surface area contributed by atoms with E-state index in [1.165, 1.54) is 35.6 Å². The van der Waals surface area contributed by atoms with Gasteiger partial charge in [0, 0.05) is 27.6 Å². The highest BCUT2D eigenvalue weighted by molar-refractivity contribution is 9.10. The summed E-state index contributed by atoms with van der Waals surface area (Å²) in [6, 6.07) is 42.4. The number of hydrogen-bond acceptors (Lipinski definition) is 6. The van der Waals surface area contributed by atoms with E-state index >= 15 is 0 Å². The van der Waals surface area contributed by atoms with Crippen molar-refractivity contribution in [2.45, 2.75) is 105 Å². The standard InChI is InChI=1S/C62H61BrN6O2/c1-59(2,3)43-26-41(27-44(31-43)60(4,5)6)36-14-18-38(19-15-36)54-52-53(57(69-54)49(34-65)51-30-40(24-25-66-51)58(70)71-13)55(68-56(52)48(33-64)50-23-22-47(63)35-67-50)39-20-16-37(17-21-39)42-28-45(61(7,8)9)32-46(29-42)62(10,11)12/h14-32,35,68-69H,1-13H3/b56-48-,57-49-. The van der Waals surface area contributed by atoms with Crippen LogP contribution in [0.2, 0.25) is 0 Å². The van der Waals surface area contributed by atoms with Gasteiger partial charge in [-0.15, -0.1) is 0 Å². The van der Waals surface area contributed by atoms with E-state index in [0.717, 1.165) is 37.9 Å². The Balaban J connectivity index is 1.45. The molecule has 0 radical (unpaired) electrons. The first-order valence-electron chi connectivity index (χ1n) is 23.9. The number of nitrogens with zero attached hydrogens (tertiary/aromatic N) is 4. The molecule has 0 atom stereocenters. The zero-order valence-electron chi connectivity index (χ0n) is 43.0. The third-order valence-electron chi connectivity index (χ3n) is 13.2. The van der Waals surface area contributed by atoms with Crippen LogP contribution in [0, 0.1) is 22.7 Å². The number of carbonyl (C=O) groups is 1. The van der Waals surface area contributed by atoms with Gasteiger partial charge in [-0.2, -0.15) is 10.5 Å². The lowest BCUT2D eigenvalue weighted by molar-refractivity contribution is 0.0600. The summed E-state index contributed by atoms with van der Waals surface area (Å²) in [5.74, 6) is -0.548. The van der Waals surface area contributed by atoms with Crippen LogP contribution in [0.4, 0.5) is 0 Å². The van der Waals surface area contributed by atoms with Gasteiger partial charge in [0.1, 0.15) is 23.3 Å². The average Bonchev–Trinajstić information content (AvgIpc) is 3.90. The van der Waals surface area contributed by atoms with Crippen molar-refractivity contribution >= 4 is 43.8 Å². The molecule has 8 rings (SSSR count). The third-order valence-corrected chi connectivity index (χ3v) is 13.7. The molecule has 0 saturated heterocycles. The molecule has 0 spiro atoms. The van der Waals surface area contributed by atoms with Crippen molar-refractivity contribution in [3.8, 4) is 56.9 Å². The number of carbonyl (C=O) groups excluding carboxylic acids is 1. The second-order valence-electron chi connectivity index (χ2n) is 22.5. The van der Waals surface area contributed by atoms with E-state index in [1.807, 2.05) is 12.1 Å². The number of H-pyrrole nitrogens is 2. The number of halogens is 1. The highest BCUT2D eigenvalue weighted by Gasteiger charge is 2.26. The second kappa shape index (κ2) is 18.8. The maximum absolute atomic E-state index is 12.9. The normalized spacial score (nSPS) is 13.1. The molecule has 0 unspecified atom stereocenters. The van der Waals surface area contributed by atoms with E-state index in [2.05, 4.69) is 211 Å². The number of rotatable bonds is 7. The minimum absolute atomic E-state index is 0.0587. The molecular formula is C62H61BrN6O2. The first kappa shape index (κ1) is 50.1. The fourth-order valence-electron chi connectivity index (χ4n) is 8.86. The van der Waals surface area contributed by atoms with Crippen molar-refractivity contribution in [1.29, 1.82) is 10.5 Å². The summed E-state index contributed by atoms with van der Waals surface area (Å²) in [4.78, 5) is 29.6. The van der Waals surface area contributed by atoms with Crippen LogP contribution in [0.5, 0.6) is 0 Å². The van der Waals surface area contributed by atoms with Crippen LogP contribution in [-0.2, 0) is 26.4 Å². The predicted octanol–water partition coefficient (Wildman–Crippen LogP) is 14.1. The number of nitrogens with one attached hydrogen (secondary N) is 2. The Kier molecular flexibility index (Phi) is 13.2. The van der Waals surface area contributed by atoms with Gasteiger partial charge in [0.25, 0.3) is 0 Å². The Labute approximate surface area is 426 Å². The Morgan fingerprint density at radius 2 is 0.901 bits per heavy atom. The van der Waals surface area contributed by atoms with Crippen molar-refractivity contribution < 1.29 is 9.53 Å². The molecule has 0 aliphatic heterocycles. The van der Waals surface area contributed by atoms with Crippen LogP contribution in [0.15, 0.2) is 126 Å². The molecule has 8 aromatic rings. The molecule has 0 amide bonds. The van der Waals surface area contributed by atoms with Gasteiger partial charge in [-0.1, -0.05) is 168 Å². The van der Waals surface area contributed by atoms with Gasteiger partial charge >= 0.3 is 5.97 Å². The zero-order valence-corrected chi connectivity index (χ0v) is 44.6. The summed E-state index contributed by atoms with van der Waals surface area (Å²) in [6.07, 6.45) is 3.18. The highest BCUT2D eigenvalue weighted by atomic mass is 79.9. The van der Waals surface area contributed by atoms with Gasteiger partial charge in [-0.3, -0.25) is 9.97 Å². The number of methoxy groups -OCH3 is 1. The molecule has 2 N–H and O–H groups in total. The van der Waals surface area contributed by atoms with Crippen LogP contribution < -0.4 is 10.7 Å². The maximum atomic E-state index is 12.9. The SMILES string of the molecule is COC(=O)c1ccnc(/C(C#N)=c2\[nH]c(-c3ccc(-c4cc(C(C)(C)C)cc(C(C)(C)C)c4)cc3)c3/c(=C(\C#N)c4ccc(Br)cn4)[nH]c(-c4ccc(-c5cc(C(C)(C)C)cc(C(C)(C)C)c5)cc4)c23)c1. The molecule has 4 aromatic carbocycles. The van der Waals surface area contributed by atoms with Crippen molar-refractivity contribution in [3.05, 3.63) is 176 Å². The second-order valence-corrected chi connectivity index (χ2v) is 23.4. The maximum Gasteiger partial charge on any atom is 0.337 e. The molecule has 0 saturated carbocycles. The van der Waals surface area contributed by atoms with Gasteiger partial charge in [0.05, 0.1) is 46.1 Å². The molecule has 4 aromatic heterocycles. The van der Waals surface area contributed by atoms with Gasteiger partial charge in [0.15, 0.2) is 0 Å². The number of aromatic amines is 2. The first-order chi connectivity index (χ1) is 33.4. The van der Waals surface area contributed by atoms with Crippen LogP contribution in [0.3, 0.4) is 0 Å². The van der Waals surface area contributed by atoms with Crippen molar-refractivity contribution in [2.24, 2.45) is 0 Å². The van der Waals surface area contributed by atoms with Gasteiger partial charge < -0.3 is 14.7 Å². The fourth-order valence-corrected chi connectivity index (χ4v) is 9.09.